The molecule has 0 aromatic heterocycles. The normalized spacial score (nSPS) is 28.9. The van der Waals surface area contributed by atoms with Crippen LogP contribution in [-0.2, 0) is 23.7 Å². The van der Waals surface area contributed by atoms with Crippen molar-refractivity contribution in [2.24, 2.45) is 0 Å². The molecule has 2 aliphatic rings. The monoisotopic (exact) mass is 834 g/mol. The van der Waals surface area contributed by atoms with Crippen molar-refractivity contribution in [2.75, 3.05) is 19.8 Å². The number of rotatable bonds is 34. The molecule has 9 N–H and O–H groups in total. The third-order valence-corrected chi connectivity index (χ3v) is 11.5. The average Bonchev–Trinajstić information content (AvgIpc) is 3.22. The van der Waals surface area contributed by atoms with Crippen molar-refractivity contribution in [3.05, 3.63) is 12.2 Å². The number of hydrogen-bond donors (Lipinski definition) is 9. The predicted molar refractivity (Wildman–Crippen MR) is 222 cm³/mol. The molecule has 2 fully saturated rings. The van der Waals surface area contributed by atoms with Gasteiger partial charge in [-0.05, 0) is 12.8 Å². The fourth-order valence-corrected chi connectivity index (χ4v) is 7.63. The largest absolute Gasteiger partial charge is 0.394 e. The number of carbonyl (C=O) groups excluding carboxylic acids is 1. The zero-order chi connectivity index (χ0) is 42.5. The van der Waals surface area contributed by atoms with E-state index < -0.39 is 86.8 Å². The van der Waals surface area contributed by atoms with E-state index in [4.69, 9.17) is 18.9 Å². The summed E-state index contributed by atoms with van der Waals surface area (Å²) in [6.45, 7) is 2.62. The van der Waals surface area contributed by atoms with Crippen LogP contribution in [-0.4, -0.2) is 140 Å². The van der Waals surface area contributed by atoms with Crippen LogP contribution >= 0.6 is 0 Å². The van der Waals surface area contributed by atoms with Gasteiger partial charge in [0.15, 0.2) is 12.6 Å². The molecular formula is C44H83NO13. The molecule has 2 rings (SSSR count). The molecule has 12 unspecified atom stereocenters. The number of aliphatic hydroxyl groups excluding tert-OH is 8. The van der Waals surface area contributed by atoms with Crippen LogP contribution in [0, 0.1) is 0 Å². The molecule has 0 saturated carbocycles. The molecule has 0 aliphatic carbocycles. The van der Waals surface area contributed by atoms with Crippen LogP contribution in [0.25, 0.3) is 0 Å². The predicted octanol–water partition coefficient (Wildman–Crippen LogP) is 4.43. The van der Waals surface area contributed by atoms with Crippen molar-refractivity contribution in [3.63, 3.8) is 0 Å². The Bertz CT molecular complexity index is 1040. The molecule has 58 heavy (non-hydrogen) atoms. The van der Waals surface area contributed by atoms with Gasteiger partial charge < -0.3 is 65.1 Å². The average molecular weight is 834 g/mol. The number of unbranched alkanes of at least 4 members (excludes halogenated alkanes) is 21. The summed E-state index contributed by atoms with van der Waals surface area (Å²) in [5.41, 5.74) is 0. The molecule has 14 heteroatoms. The van der Waals surface area contributed by atoms with Crippen molar-refractivity contribution in [2.45, 2.75) is 242 Å². The van der Waals surface area contributed by atoms with Gasteiger partial charge in [0.1, 0.15) is 48.8 Å². The first-order valence-corrected chi connectivity index (χ1v) is 22.9. The Morgan fingerprint density at radius 3 is 1.57 bits per heavy atom. The van der Waals surface area contributed by atoms with E-state index in [1.165, 1.54) is 103 Å². The first-order valence-electron chi connectivity index (χ1n) is 22.9. The van der Waals surface area contributed by atoms with Crippen LogP contribution in [0.5, 0.6) is 0 Å². The SMILES string of the molecule is CCCC/C=C/C(O)C(COC1OC(CO)C(OC2OC(CO)C(O)C(O)C2O)C(O)C1O)NC(=O)CCCCCCCCCCCCCCCCCCCCCC. The number of aliphatic hydroxyl groups is 8. The maximum Gasteiger partial charge on any atom is 0.220 e. The third-order valence-electron chi connectivity index (χ3n) is 11.5. The first-order chi connectivity index (χ1) is 28.1. The Morgan fingerprint density at radius 2 is 1.07 bits per heavy atom. The standard InChI is InChI=1S/C44H83NO13/c1-3-5-7-9-10-11-12-13-14-15-16-17-18-19-20-21-22-23-24-26-28-36(49)45-32(33(48)27-25-8-6-4-2)31-55-43-41(54)39(52)42(35(30-47)57-43)58-44-40(53)38(51)37(50)34(29-46)56-44/h25,27,32-35,37-44,46-48,50-54H,3-24,26,28-31H2,1-2H3,(H,45,49)/b27-25+. The van der Waals surface area contributed by atoms with Gasteiger partial charge in [-0.3, -0.25) is 4.79 Å². The molecule has 2 aliphatic heterocycles. The summed E-state index contributed by atoms with van der Waals surface area (Å²) in [6, 6.07) is -0.904. The highest BCUT2D eigenvalue weighted by Gasteiger charge is 2.50. The molecule has 0 aromatic rings. The number of carbonyl (C=O) groups is 1. The Kier molecular flexibility index (Phi) is 29.6. The minimum atomic E-state index is -1.78. The van der Waals surface area contributed by atoms with Gasteiger partial charge in [0.2, 0.25) is 5.91 Å². The van der Waals surface area contributed by atoms with Crippen LogP contribution in [0.1, 0.15) is 168 Å². The molecule has 342 valence electrons. The number of allylic oxidation sites excluding steroid dienone is 1. The van der Waals surface area contributed by atoms with Crippen LogP contribution in [0.2, 0.25) is 0 Å². The fourth-order valence-electron chi connectivity index (χ4n) is 7.63. The quantitative estimate of drug-likeness (QED) is 0.0324. The van der Waals surface area contributed by atoms with Gasteiger partial charge in [0.25, 0.3) is 0 Å². The first kappa shape index (κ1) is 52.9. The molecule has 0 aromatic carbocycles. The van der Waals surface area contributed by atoms with E-state index in [0.29, 0.717) is 6.42 Å². The minimum Gasteiger partial charge on any atom is -0.394 e. The lowest BCUT2D eigenvalue weighted by atomic mass is 9.97. The zero-order valence-electron chi connectivity index (χ0n) is 35.8. The van der Waals surface area contributed by atoms with Gasteiger partial charge in [-0.15, -0.1) is 0 Å². The molecule has 2 saturated heterocycles. The van der Waals surface area contributed by atoms with Gasteiger partial charge in [-0.1, -0.05) is 161 Å². The van der Waals surface area contributed by atoms with E-state index in [9.17, 15) is 45.6 Å². The number of amides is 1. The lowest BCUT2D eigenvalue weighted by molar-refractivity contribution is -0.359. The molecule has 0 bridgehead atoms. The summed E-state index contributed by atoms with van der Waals surface area (Å²) in [5.74, 6) is -0.247. The Balaban J connectivity index is 1.71. The van der Waals surface area contributed by atoms with E-state index >= 15 is 0 Å². The van der Waals surface area contributed by atoms with Crippen LogP contribution in [0.4, 0.5) is 0 Å². The van der Waals surface area contributed by atoms with Crippen molar-refractivity contribution in [1.82, 2.24) is 5.32 Å². The molecule has 0 radical (unpaired) electrons. The second-order valence-electron chi connectivity index (χ2n) is 16.5. The van der Waals surface area contributed by atoms with Gasteiger partial charge >= 0.3 is 0 Å². The van der Waals surface area contributed by atoms with E-state index in [-0.39, 0.29) is 18.9 Å². The van der Waals surface area contributed by atoms with Gasteiger partial charge in [0, 0.05) is 6.42 Å². The maximum absolute atomic E-state index is 13.0. The van der Waals surface area contributed by atoms with Gasteiger partial charge in [0.05, 0.1) is 32.0 Å². The zero-order valence-corrected chi connectivity index (χ0v) is 35.8. The molecule has 2 heterocycles. The summed E-state index contributed by atoms with van der Waals surface area (Å²) < 4.78 is 22.5. The van der Waals surface area contributed by atoms with E-state index in [2.05, 4.69) is 19.2 Å². The highest BCUT2D eigenvalue weighted by Crippen LogP contribution is 2.30. The number of hydrogen-bond acceptors (Lipinski definition) is 13. The smallest absolute Gasteiger partial charge is 0.220 e. The Morgan fingerprint density at radius 1 is 0.603 bits per heavy atom. The van der Waals surface area contributed by atoms with E-state index in [0.717, 1.165) is 38.5 Å². The topological polar surface area (TPSA) is 228 Å². The summed E-state index contributed by atoms with van der Waals surface area (Å²) in [4.78, 5) is 13.0. The highest BCUT2D eigenvalue weighted by atomic mass is 16.7. The van der Waals surface area contributed by atoms with E-state index in [1.807, 2.05) is 6.08 Å². The Hall–Kier alpha value is -1.27. The van der Waals surface area contributed by atoms with Crippen LogP contribution < -0.4 is 5.32 Å². The molecule has 12 atom stereocenters. The lowest BCUT2D eigenvalue weighted by Gasteiger charge is -2.46. The van der Waals surface area contributed by atoms with Crippen molar-refractivity contribution >= 4 is 5.91 Å². The molecular weight excluding hydrogens is 750 g/mol. The summed E-state index contributed by atoms with van der Waals surface area (Å²) in [7, 11) is 0. The second-order valence-corrected chi connectivity index (χ2v) is 16.5. The summed E-state index contributed by atoms with van der Waals surface area (Å²) in [5, 5.41) is 85.8. The summed E-state index contributed by atoms with van der Waals surface area (Å²) >= 11 is 0. The fraction of sp³-hybridized carbons (Fsp3) is 0.932. The highest BCUT2D eigenvalue weighted by molar-refractivity contribution is 5.76. The van der Waals surface area contributed by atoms with Gasteiger partial charge in [-0.2, -0.15) is 0 Å². The molecule has 1 amide bonds. The van der Waals surface area contributed by atoms with Gasteiger partial charge in [-0.25, -0.2) is 0 Å². The molecule has 14 nitrogen and oxygen atoms in total. The lowest BCUT2D eigenvalue weighted by Crippen LogP contribution is -2.65. The van der Waals surface area contributed by atoms with Crippen molar-refractivity contribution < 1.29 is 64.6 Å². The number of ether oxygens (including phenoxy) is 4. The maximum atomic E-state index is 13.0. The van der Waals surface area contributed by atoms with Crippen molar-refractivity contribution in [1.29, 1.82) is 0 Å². The van der Waals surface area contributed by atoms with Crippen LogP contribution in [0.15, 0.2) is 12.2 Å². The Labute approximate surface area is 348 Å². The minimum absolute atomic E-state index is 0.247. The summed E-state index contributed by atoms with van der Waals surface area (Å²) in [6.07, 6.45) is 14.9. The third kappa shape index (κ3) is 20.5. The van der Waals surface area contributed by atoms with Crippen LogP contribution in [0.3, 0.4) is 0 Å². The van der Waals surface area contributed by atoms with E-state index in [1.54, 1.807) is 6.08 Å². The molecule has 0 spiro atoms. The second kappa shape index (κ2) is 32.4. The van der Waals surface area contributed by atoms with Crippen molar-refractivity contribution in [3.8, 4) is 0 Å². The number of nitrogens with one attached hydrogen (secondary N) is 1.